The number of ether oxygens (including phenoxy) is 1. The highest BCUT2D eigenvalue weighted by Gasteiger charge is 2.29. The van der Waals surface area contributed by atoms with Crippen LogP contribution in [-0.4, -0.2) is 74.3 Å². The number of fused-ring (bicyclic) bond motifs is 2. The Hall–Kier alpha value is -3.30. The van der Waals surface area contributed by atoms with Crippen molar-refractivity contribution in [3.05, 3.63) is 58.4 Å². The Morgan fingerprint density at radius 1 is 1.03 bits per heavy atom. The first-order chi connectivity index (χ1) is 16.1. The summed E-state index contributed by atoms with van der Waals surface area (Å²) in [6.07, 6.45) is 4.62. The van der Waals surface area contributed by atoms with E-state index in [0.717, 1.165) is 68.4 Å². The second kappa shape index (κ2) is 7.93. The second-order valence-corrected chi connectivity index (χ2v) is 8.85. The molecule has 6 rings (SSSR count). The third-order valence-electron chi connectivity index (χ3n) is 6.71. The molecule has 0 saturated carbocycles. The maximum absolute atomic E-state index is 13.0. The highest BCUT2D eigenvalue weighted by atomic mass is 16.5. The topological polar surface area (TPSA) is 80.3 Å². The fourth-order valence-corrected chi connectivity index (χ4v) is 4.76. The number of aryl methyl sites for hydroxylation is 2. The highest BCUT2D eigenvalue weighted by Crippen LogP contribution is 2.22. The lowest BCUT2D eigenvalue weighted by Gasteiger charge is -2.43. The summed E-state index contributed by atoms with van der Waals surface area (Å²) in [6, 6.07) is 8.08. The van der Waals surface area contributed by atoms with Gasteiger partial charge in [0, 0.05) is 38.4 Å². The number of rotatable bonds is 4. The molecule has 0 atom stereocenters. The first-order valence-corrected chi connectivity index (χ1v) is 11.6. The zero-order chi connectivity index (χ0) is 22.5. The van der Waals surface area contributed by atoms with Crippen molar-refractivity contribution in [3.63, 3.8) is 0 Å². The van der Waals surface area contributed by atoms with Gasteiger partial charge in [-0.05, 0) is 31.5 Å². The highest BCUT2D eigenvalue weighted by molar-refractivity contribution is 5.66. The van der Waals surface area contributed by atoms with Crippen molar-refractivity contribution in [2.75, 3.05) is 44.3 Å². The van der Waals surface area contributed by atoms with Gasteiger partial charge in [0.25, 0.3) is 5.56 Å². The van der Waals surface area contributed by atoms with Crippen LogP contribution < -0.4 is 10.5 Å². The summed E-state index contributed by atoms with van der Waals surface area (Å²) in [5, 5.41) is 4.67. The Labute approximate surface area is 191 Å². The van der Waals surface area contributed by atoms with Crippen molar-refractivity contribution >= 4 is 16.9 Å². The van der Waals surface area contributed by atoms with Gasteiger partial charge in [-0.1, -0.05) is 6.92 Å². The average molecular weight is 446 g/mol. The standard InChI is InChI=1S/C24H27N7O2/c1-3-19-22-10-21(27-31(22)12-16(2)25-19)20-11-24(32)30-13-17(4-5-23(30)26-20)28-6-8-29(9-7-28)18-14-33-15-18/h4-5,10-13,18H,3,6-9,14-15H2,1-2H3. The fraction of sp³-hybridized carbons (Fsp3) is 0.417. The van der Waals surface area contributed by atoms with Gasteiger partial charge in [-0.2, -0.15) is 5.10 Å². The normalized spacial score (nSPS) is 17.7. The molecule has 0 radical (unpaired) electrons. The minimum Gasteiger partial charge on any atom is -0.378 e. The molecular weight excluding hydrogens is 418 g/mol. The summed E-state index contributed by atoms with van der Waals surface area (Å²) >= 11 is 0. The molecule has 0 aromatic carbocycles. The molecule has 2 aliphatic rings. The van der Waals surface area contributed by atoms with Gasteiger partial charge in [-0.15, -0.1) is 0 Å². The molecule has 2 fully saturated rings. The quantitative estimate of drug-likeness (QED) is 0.474. The van der Waals surface area contributed by atoms with Crippen molar-refractivity contribution in [1.29, 1.82) is 0 Å². The third kappa shape index (κ3) is 3.57. The van der Waals surface area contributed by atoms with Crippen LogP contribution in [0.3, 0.4) is 0 Å². The van der Waals surface area contributed by atoms with Crippen molar-refractivity contribution in [2.45, 2.75) is 26.3 Å². The Morgan fingerprint density at radius 2 is 1.85 bits per heavy atom. The molecule has 0 N–H and O–H groups in total. The van der Waals surface area contributed by atoms with Gasteiger partial charge >= 0.3 is 0 Å². The van der Waals surface area contributed by atoms with E-state index in [1.54, 1.807) is 10.5 Å². The molecule has 0 bridgehead atoms. The maximum atomic E-state index is 13.0. The number of anilines is 1. The zero-order valence-electron chi connectivity index (χ0n) is 18.9. The van der Waals surface area contributed by atoms with Crippen LogP contribution in [0.25, 0.3) is 22.6 Å². The van der Waals surface area contributed by atoms with E-state index in [1.807, 2.05) is 36.0 Å². The zero-order valence-corrected chi connectivity index (χ0v) is 18.9. The SMILES string of the molecule is CCc1nc(C)cn2nc(-c3cc(=O)n4cc(N5CCN(C6COC6)CC5)ccc4n3)cc12. The first-order valence-electron chi connectivity index (χ1n) is 11.6. The van der Waals surface area contributed by atoms with E-state index in [0.29, 0.717) is 23.1 Å². The molecule has 0 unspecified atom stereocenters. The van der Waals surface area contributed by atoms with Crippen LogP contribution in [0.5, 0.6) is 0 Å². The summed E-state index contributed by atoms with van der Waals surface area (Å²) < 4.78 is 8.79. The van der Waals surface area contributed by atoms with Crippen LogP contribution in [0.2, 0.25) is 0 Å². The van der Waals surface area contributed by atoms with Gasteiger partial charge in [0.2, 0.25) is 0 Å². The molecule has 0 aliphatic carbocycles. The lowest BCUT2D eigenvalue weighted by Crippen LogP contribution is -2.56. The van der Waals surface area contributed by atoms with Gasteiger partial charge in [-0.25, -0.2) is 9.50 Å². The molecule has 2 saturated heterocycles. The van der Waals surface area contributed by atoms with E-state index in [9.17, 15) is 4.79 Å². The molecule has 9 nitrogen and oxygen atoms in total. The number of hydrogen-bond donors (Lipinski definition) is 0. The van der Waals surface area contributed by atoms with E-state index in [4.69, 9.17) is 9.72 Å². The van der Waals surface area contributed by atoms with Gasteiger partial charge in [0.15, 0.2) is 0 Å². The van der Waals surface area contributed by atoms with Gasteiger partial charge in [0.1, 0.15) is 11.3 Å². The number of nitrogens with zero attached hydrogens (tertiary/aromatic N) is 7. The van der Waals surface area contributed by atoms with Crippen molar-refractivity contribution in [2.24, 2.45) is 0 Å². The summed E-state index contributed by atoms with van der Waals surface area (Å²) in [4.78, 5) is 27.2. The summed E-state index contributed by atoms with van der Waals surface area (Å²) in [5.41, 5.74) is 5.66. The van der Waals surface area contributed by atoms with Gasteiger partial charge in [-0.3, -0.25) is 19.1 Å². The van der Waals surface area contributed by atoms with Crippen LogP contribution in [0, 0.1) is 6.92 Å². The van der Waals surface area contributed by atoms with E-state index in [-0.39, 0.29) is 5.56 Å². The van der Waals surface area contributed by atoms with E-state index in [2.05, 4.69) is 32.9 Å². The number of hydrogen-bond acceptors (Lipinski definition) is 7. The molecule has 33 heavy (non-hydrogen) atoms. The Morgan fingerprint density at radius 3 is 2.58 bits per heavy atom. The van der Waals surface area contributed by atoms with Crippen LogP contribution >= 0.6 is 0 Å². The largest absolute Gasteiger partial charge is 0.378 e. The Bertz CT molecular complexity index is 1400. The molecule has 0 spiro atoms. The van der Waals surface area contributed by atoms with Gasteiger partial charge in [0.05, 0.1) is 53.7 Å². The first kappa shape index (κ1) is 20.3. The van der Waals surface area contributed by atoms with E-state index < -0.39 is 0 Å². The molecule has 0 amide bonds. The van der Waals surface area contributed by atoms with Crippen LogP contribution in [0.1, 0.15) is 18.3 Å². The molecule has 4 aromatic heterocycles. The van der Waals surface area contributed by atoms with E-state index in [1.165, 1.54) is 0 Å². The molecule has 9 heteroatoms. The Balaban J connectivity index is 1.30. The molecule has 6 heterocycles. The predicted molar refractivity (Wildman–Crippen MR) is 126 cm³/mol. The minimum atomic E-state index is -0.107. The van der Waals surface area contributed by atoms with Gasteiger partial charge < -0.3 is 9.64 Å². The molecule has 2 aliphatic heterocycles. The van der Waals surface area contributed by atoms with Crippen LogP contribution in [0.15, 0.2) is 41.5 Å². The lowest BCUT2D eigenvalue weighted by molar-refractivity contribution is -0.0660. The fourth-order valence-electron chi connectivity index (χ4n) is 4.76. The average Bonchev–Trinajstić information content (AvgIpc) is 3.22. The third-order valence-corrected chi connectivity index (χ3v) is 6.71. The number of aromatic nitrogens is 5. The lowest BCUT2D eigenvalue weighted by atomic mass is 10.1. The van der Waals surface area contributed by atoms with Crippen molar-refractivity contribution in [1.82, 2.24) is 28.9 Å². The van der Waals surface area contributed by atoms with Crippen LogP contribution in [-0.2, 0) is 11.2 Å². The summed E-state index contributed by atoms with van der Waals surface area (Å²) in [5.74, 6) is 0. The Kier molecular flexibility index (Phi) is 4.88. The second-order valence-electron chi connectivity index (χ2n) is 8.85. The molecular formula is C24H27N7O2. The smallest absolute Gasteiger partial charge is 0.258 e. The van der Waals surface area contributed by atoms with E-state index >= 15 is 0 Å². The monoisotopic (exact) mass is 445 g/mol. The minimum absolute atomic E-state index is 0.107. The van der Waals surface area contributed by atoms with Crippen molar-refractivity contribution in [3.8, 4) is 11.4 Å². The maximum Gasteiger partial charge on any atom is 0.258 e. The summed E-state index contributed by atoms with van der Waals surface area (Å²) in [7, 11) is 0. The number of pyridine rings is 1. The van der Waals surface area contributed by atoms with Crippen molar-refractivity contribution < 1.29 is 4.74 Å². The summed E-state index contributed by atoms with van der Waals surface area (Å²) in [6.45, 7) is 9.64. The number of piperazine rings is 1. The molecule has 170 valence electrons. The molecule has 4 aromatic rings. The predicted octanol–water partition coefficient (Wildman–Crippen LogP) is 1.80. The van der Waals surface area contributed by atoms with Crippen LogP contribution in [0.4, 0.5) is 5.69 Å².